The van der Waals surface area contributed by atoms with E-state index in [1.54, 1.807) is 25.3 Å². The third-order valence-corrected chi connectivity index (χ3v) is 3.83. The van der Waals surface area contributed by atoms with E-state index in [4.69, 9.17) is 10.6 Å². The molecule has 0 saturated heterocycles. The molecule has 3 aromatic rings. The molecule has 0 saturated carbocycles. The van der Waals surface area contributed by atoms with E-state index in [9.17, 15) is 4.79 Å². The highest BCUT2D eigenvalue weighted by Gasteiger charge is 2.15. The number of methoxy groups -OCH3 is 1. The number of thiophene rings is 1. The predicted octanol–water partition coefficient (Wildman–Crippen LogP) is 1.74. The second-order valence-corrected chi connectivity index (χ2v) is 4.94. The Morgan fingerprint density at radius 3 is 2.90 bits per heavy atom. The second kappa shape index (κ2) is 4.95. The van der Waals surface area contributed by atoms with Crippen molar-refractivity contribution in [3.05, 3.63) is 46.1 Å². The monoisotopic (exact) mass is 288 g/mol. The maximum absolute atomic E-state index is 12.6. The lowest BCUT2D eigenvalue weighted by molar-refractivity contribution is 0.412. The molecule has 102 valence electrons. The molecule has 0 fully saturated rings. The van der Waals surface area contributed by atoms with E-state index in [-0.39, 0.29) is 11.5 Å². The highest BCUT2D eigenvalue weighted by molar-refractivity contribution is 7.17. The first kappa shape index (κ1) is 12.6. The number of nitrogens with two attached hydrogens (primary N) is 1. The highest BCUT2D eigenvalue weighted by Crippen LogP contribution is 2.25. The second-order valence-electron chi connectivity index (χ2n) is 4.03. The van der Waals surface area contributed by atoms with Crippen LogP contribution in [0.4, 0.5) is 5.95 Å². The number of rotatable bonds is 3. The van der Waals surface area contributed by atoms with Crippen molar-refractivity contribution >= 4 is 27.5 Å². The van der Waals surface area contributed by atoms with Crippen molar-refractivity contribution in [2.75, 3.05) is 12.5 Å². The topological polar surface area (TPSA) is 82.2 Å². The molecule has 6 nitrogen and oxygen atoms in total. The largest absolute Gasteiger partial charge is 0.495 e. The molecule has 0 amide bonds. The summed E-state index contributed by atoms with van der Waals surface area (Å²) in [5.41, 5.74) is 3.51. The zero-order valence-electron chi connectivity index (χ0n) is 10.7. The number of aromatic nitrogens is 2. The molecule has 3 rings (SSSR count). The molecule has 0 aliphatic heterocycles. The van der Waals surface area contributed by atoms with Gasteiger partial charge < -0.3 is 4.74 Å². The van der Waals surface area contributed by atoms with Gasteiger partial charge >= 0.3 is 0 Å². The van der Waals surface area contributed by atoms with Crippen LogP contribution < -0.4 is 21.6 Å². The average Bonchev–Trinajstić information content (AvgIpc) is 2.95. The number of nitrogens with zero attached hydrogens (tertiary/aromatic N) is 2. The first-order valence-electron chi connectivity index (χ1n) is 5.86. The predicted molar refractivity (Wildman–Crippen MR) is 79.6 cm³/mol. The summed E-state index contributed by atoms with van der Waals surface area (Å²) < 4.78 is 7.29. The van der Waals surface area contributed by atoms with Gasteiger partial charge in [-0.1, -0.05) is 12.1 Å². The van der Waals surface area contributed by atoms with Gasteiger partial charge in [0.05, 0.1) is 18.3 Å². The van der Waals surface area contributed by atoms with Crippen LogP contribution in [0, 0.1) is 0 Å². The highest BCUT2D eigenvalue weighted by atomic mass is 32.1. The lowest BCUT2D eigenvalue weighted by atomic mass is 10.3. The fourth-order valence-electron chi connectivity index (χ4n) is 2.05. The van der Waals surface area contributed by atoms with Crippen LogP contribution in [-0.4, -0.2) is 16.7 Å². The SMILES string of the molecule is COc1ccccc1-n1c(NN)nc2ccsc2c1=O. The number of nitrogens with one attached hydrogen (secondary N) is 1. The van der Waals surface area contributed by atoms with Gasteiger partial charge in [-0.25, -0.2) is 15.4 Å². The number of anilines is 1. The Kier molecular flexibility index (Phi) is 3.13. The summed E-state index contributed by atoms with van der Waals surface area (Å²) in [5.74, 6) is 6.34. The third-order valence-electron chi connectivity index (χ3n) is 2.94. The van der Waals surface area contributed by atoms with Gasteiger partial charge in [-0.3, -0.25) is 10.2 Å². The van der Waals surface area contributed by atoms with Crippen molar-refractivity contribution in [3.8, 4) is 11.4 Å². The van der Waals surface area contributed by atoms with Crippen molar-refractivity contribution in [1.29, 1.82) is 0 Å². The number of para-hydroxylation sites is 2. The fourth-order valence-corrected chi connectivity index (χ4v) is 2.81. The Bertz CT molecular complexity index is 825. The Balaban J connectivity index is 2.40. The minimum atomic E-state index is -0.178. The Hall–Kier alpha value is -2.38. The van der Waals surface area contributed by atoms with E-state index in [0.717, 1.165) is 0 Å². The summed E-state index contributed by atoms with van der Waals surface area (Å²) in [6, 6.07) is 9.00. The van der Waals surface area contributed by atoms with Crippen molar-refractivity contribution in [2.24, 2.45) is 5.84 Å². The molecular formula is C13H12N4O2S. The molecule has 0 aliphatic rings. The van der Waals surface area contributed by atoms with Gasteiger partial charge in [0, 0.05) is 0 Å². The summed E-state index contributed by atoms with van der Waals surface area (Å²) in [5, 5.41) is 1.83. The minimum Gasteiger partial charge on any atom is -0.495 e. The van der Waals surface area contributed by atoms with Crippen molar-refractivity contribution in [2.45, 2.75) is 0 Å². The van der Waals surface area contributed by atoms with Gasteiger partial charge in [0.15, 0.2) is 0 Å². The van der Waals surface area contributed by atoms with E-state index in [2.05, 4.69) is 10.4 Å². The standard InChI is InChI=1S/C13H12N4O2S/c1-19-10-5-3-2-4-9(10)17-12(18)11-8(6-7-20-11)15-13(17)16-14/h2-7H,14H2,1H3,(H,15,16). The summed E-state index contributed by atoms with van der Waals surface area (Å²) in [6.45, 7) is 0. The summed E-state index contributed by atoms with van der Waals surface area (Å²) in [6.07, 6.45) is 0. The van der Waals surface area contributed by atoms with E-state index in [1.165, 1.54) is 15.9 Å². The average molecular weight is 288 g/mol. The molecule has 2 heterocycles. The Labute approximate surface area is 118 Å². The molecule has 20 heavy (non-hydrogen) atoms. The first-order chi connectivity index (χ1) is 9.76. The van der Waals surface area contributed by atoms with Gasteiger partial charge in [0.25, 0.3) is 5.56 Å². The minimum absolute atomic E-state index is 0.178. The van der Waals surface area contributed by atoms with Crippen LogP contribution >= 0.6 is 11.3 Å². The Morgan fingerprint density at radius 1 is 1.35 bits per heavy atom. The number of hydrazine groups is 1. The number of nitrogen functional groups attached to an aromatic ring is 1. The van der Waals surface area contributed by atoms with Crippen LogP contribution in [0.5, 0.6) is 5.75 Å². The summed E-state index contributed by atoms with van der Waals surface area (Å²) >= 11 is 1.35. The van der Waals surface area contributed by atoms with E-state index >= 15 is 0 Å². The fraction of sp³-hybridized carbons (Fsp3) is 0.0769. The zero-order chi connectivity index (χ0) is 14.1. The molecule has 7 heteroatoms. The van der Waals surface area contributed by atoms with Gasteiger partial charge in [-0.15, -0.1) is 11.3 Å². The van der Waals surface area contributed by atoms with E-state index < -0.39 is 0 Å². The molecule has 0 unspecified atom stereocenters. The van der Waals surface area contributed by atoms with Gasteiger partial charge in [0.1, 0.15) is 10.4 Å². The number of fused-ring (bicyclic) bond motifs is 1. The van der Waals surface area contributed by atoms with E-state index in [0.29, 0.717) is 21.7 Å². The molecule has 2 aromatic heterocycles. The molecular weight excluding hydrogens is 276 g/mol. The molecule has 1 aromatic carbocycles. The van der Waals surface area contributed by atoms with Gasteiger partial charge in [-0.05, 0) is 23.6 Å². The number of hydrogen-bond acceptors (Lipinski definition) is 6. The smallest absolute Gasteiger partial charge is 0.277 e. The maximum atomic E-state index is 12.6. The van der Waals surface area contributed by atoms with Crippen LogP contribution in [0.3, 0.4) is 0 Å². The van der Waals surface area contributed by atoms with Crippen molar-refractivity contribution < 1.29 is 4.74 Å². The molecule has 0 aliphatic carbocycles. The van der Waals surface area contributed by atoms with E-state index in [1.807, 2.05) is 17.5 Å². The number of benzene rings is 1. The third kappa shape index (κ3) is 1.84. The van der Waals surface area contributed by atoms with Crippen LogP contribution in [0.1, 0.15) is 0 Å². The lowest BCUT2D eigenvalue weighted by Crippen LogP contribution is -2.25. The van der Waals surface area contributed by atoms with Gasteiger partial charge in [-0.2, -0.15) is 0 Å². The molecule has 3 N–H and O–H groups in total. The van der Waals surface area contributed by atoms with Crippen molar-refractivity contribution in [1.82, 2.24) is 9.55 Å². The molecule has 0 bridgehead atoms. The molecule has 0 radical (unpaired) electrons. The van der Waals surface area contributed by atoms with Crippen molar-refractivity contribution in [3.63, 3.8) is 0 Å². The number of ether oxygens (including phenoxy) is 1. The van der Waals surface area contributed by atoms with Crippen LogP contribution in [-0.2, 0) is 0 Å². The van der Waals surface area contributed by atoms with Crippen LogP contribution in [0.2, 0.25) is 0 Å². The summed E-state index contributed by atoms with van der Waals surface area (Å²) in [4.78, 5) is 17.0. The van der Waals surface area contributed by atoms with Crippen LogP contribution in [0.25, 0.3) is 15.9 Å². The lowest BCUT2D eigenvalue weighted by Gasteiger charge is -2.14. The van der Waals surface area contributed by atoms with Gasteiger partial charge in [0.2, 0.25) is 5.95 Å². The Morgan fingerprint density at radius 2 is 2.15 bits per heavy atom. The first-order valence-corrected chi connectivity index (χ1v) is 6.74. The maximum Gasteiger partial charge on any atom is 0.277 e. The quantitative estimate of drug-likeness (QED) is 0.566. The summed E-state index contributed by atoms with van der Waals surface area (Å²) in [7, 11) is 1.55. The molecule has 0 atom stereocenters. The van der Waals surface area contributed by atoms with Crippen LogP contribution in [0.15, 0.2) is 40.5 Å². The molecule has 0 spiro atoms. The number of hydrogen-bond donors (Lipinski definition) is 2. The normalized spacial score (nSPS) is 10.7. The zero-order valence-corrected chi connectivity index (χ0v) is 11.5.